The van der Waals surface area contributed by atoms with Crippen molar-refractivity contribution in [1.29, 1.82) is 0 Å². The van der Waals surface area contributed by atoms with Crippen LogP contribution in [0.2, 0.25) is 0 Å². The van der Waals surface area contributed by atoms with E-state index in [-0.39, 0.29) is 0 Å². The van der Waals surface area contributed by atoms with Gasteiger partial charge in [0.1, 0.15) is 5.75 Å². The highest BCUT2D eigenvalue weighted by atomic mass is 35.5. The molecule has 0 saturated carbocycles. The predicted octanol–water partition coefficient (Wildman–Crippen LogP) is 3.53. The highest BCUT2D eigenvalue weighted by molar-refractivity contribution is 6.17. The molecule has 0 saturated heterocycles. The fraction of sp³-hybridized carbons (Fsp3) is 0.571. The van der Waals surface area contributed by atoms with E-state index in [1.54, 1.807) is 12.1 Å². The zero-order valence-electron chi connectivity index (χ0n) is 10.5. The van der Waals surface area contributed by atoms with Crippen molar-refractivity contribution in [3.63, 3.8) is 0 Å². The van der Waals surface area contributed by atoms with Crippen molar-refractivity contribution in [3.8, 4) is 5.75 Å². The van der Waals surface area contributed by atoms with Crippen LogP contribution in [0, 0.1) is 5.92 Å². The van der Waals surface area contributed by atoms with Crippen molar-refractivity contribution in [2.45, 2.75) is 32.7 Å². The molecule has 0 spiro atoms. The fourth-order valence-electron chi connectivity index (χ4n) is 2.00. The van der Waals surface area contributed by atoms with Crippen molar-refractivity contribution >= 4 is 11.6 Å². The van der Waals surface area contributed by atoms with Crippen molar-refractivity contribution in [2.24, 2.45) is 5.92 Å². The highest BCUT2D eigenvalue weighted by Crippen LogP contribution is 2.13. The van der Waals surface area contributed by atoms with E-state index in [2.05, 4.69) is 12.2 Å². The average Bonchev–Trinajstić information content (AvgIpc) is 2.30. The first-order chi connectivity index (χ1) is 8.26. The second kappa shape index (κ2) is 8.37. The van der Waals surface area contributed by atoms with Crippen LogP contribution in [0.3, 0.4) is 0 Å². The summed E-state index contributed by atoms with van der Waals surface area (Å²) in [5.74, 6) is 1.73. The molecule has 1 aromatic rings. The van der Waals surface area contributed by atoms with Crippen LogP contribution in [0.15, 0.2) is 24.3 Å². The molecule has 2 nitrogen and oxygen atoms in total. The average molecular weight is 256 g/mol. The van der Waals surface area contributed by atoms with Crippen molar-refractivity contribution in [2.75, 3.05) is 12.4 Å². The third kappa shape index (κ3) is 5.94. The van der Waals surface area contributed by atoms with Gasteiger partial charge in [0, 0.05) is 12.4 Å². The zero-order valence-corrected chi connectivity index (χ0v) is 11.2. The Morgan fingerprint density at radius 1 is 1.35 bits per heavy atom. The maximum Gasteiger partial charge on any atom is 0.115 e. The Morgan fingerprint density at radius 3 is 2.82 bits per heavy atom. The second-order valence-corrected chi connectivity index (χ2v) is 4.81. The number of rotatable bonds is 8. The van der Waals surface area contributed by atoms with Gasteiger partial charge in [-0.1, -0.05) is 25.5 Å². The SMILES string of the molecule is CCCC(CCCl)CNCc1cccc(O)c1. The van der Waals surface area contributed by atoms with E-state index in [1.165, 1.54) is 12.8 Å². The molecule has 1 unspecified atom stereocenters. The van der Waals surface area contributed by atoms with Gasteiger partial charge < -0.3 is 10.4 Å². The molecule has 0 aliphatic rings. The Bertz CT molecular complexity index is 311. The Morgan fingerprint density at radius 2 is 2.18 bits per heavy atom. The van der Waals surface area contributed by atoms with Crippen LogP contribution in [0.25, 0.3) is 0 Å². The number of alkyl halides is 1. The molecule has 0 heterocycles. The number of benzene rings is 1. The van der Waals surface area contributed by atoms with Crippen LogP contribution in [0.4, 0.5) is 0 Å². The smallest absolute Gasteiger partial charge is 0.115 e. The van der Waals surface area contributed by atoms with E-state index in [4.69, 9.17) is 11.6 Å². The first-order valence-electron chi connectivity index (χ1n) is 6.30. The van der Waals surface area contributed by atoms with Gasteiger partial charge in [-0.2, -0.15) is 0 Å². The van der Waals surface area contributed by atoms with E-state index >= 15 is 0 Å². The quantitative estimate of drug-likeness (QED) is 0.697. The third-order valence-corrected chi connectivity index (χ3v) is 3.11. The molecule has 0 aliphatic carbocycles. The summed E-state index contributed by atoms with van der Waals surface area (Å²) in [6.45, 7) is 4.00. The molecule has 1 rings (SSSR count). The molecule has 0 aliphatic heterocycles. The summed E-state index contributed by atoms with van der Waals surface area (Å²) < 4.78 is 0. The normalized spacial score (nSPS) is 12.6. The number of phenolic OH excluding ortho intramolecular Hbond substituents is 1. The first kappa shape index (κ1) is 14.3. The molecule has 0 radical (unpaired) electrons. The van der Waals surface area contributed by atoms with Crippen LogP contribution in [-0.2, 0) is 6.54 Å². The van der Waals surface area contributed by atoms with Gasteiger partial charge in [-0.3, -0.25) is 0 Å². The molecule has 0 fully saturated rings. The predicted molar refractivity (Wildman–Crippen MR) is 73.5 cm³/mol. The van der Waals surface area contributed by atoms with E-state index < -0.39 is 0 Å². The summed E-state index contributed by atoms with van der Waals surface area (Å²) in [5.41, 5.74) is 1.12. The molecule has 1 aromatic carbocycles. The lowest BCUT2D eigenvalue weighted by atomic mass is 10.0. The van der Waals surface area contributed by atoms with E-state index in [1.807, 2.05) is 12.1 Å². The fourth-order valence-corrected chi connectivity index (χ4v) is 2.31. The molecular weight excluding hydrogens is 234 g/mol. The monoisotopic (exact) mass is 255 g/mol. The van der Waals surface area contributed by atoms with Crippen LogP contribution in [0.1, 0.15) is 31.7 Å². The van der Waals surface area contributed by atoms with Crippen LogP contribution in [0.5, 0.6) is 5.75 Å². The highest BCUT2D eigenvalue weighted by Gasteiger charge is 2.06. The molecule has 96 valence electrons. The number of hydrogen-bond acceptors (Lipinski definition) is 2. The van der Waals surface area contributed by atoms with E-state index in [0.29, 0.717) is 11.7 Å². The molecule has 1 atom stereocenters. The molecule has 3 heteroatoms. The number of aromatic hydroxyl groups is 1. The Hall–Kier alpha value is -0.730. The lowest BCUT2D eigenvalue weighted by Gasteiger charge is -2.15. The molecule has 0 amide bonds. The van der Waals surface area contributed by atoms with Gasteiger partial charge in [0.05, 0.1) is 0 Å². The molecule has 2 N–H and O–H groups in total. The molecule has 0 bridgehead atoms. The van der Waals surface area contributed by atoms with Crippen molar-refractivity contribution in [1.82, 2.24) is 5.32 Å². The molecular formula is C14H22ClNO. The number of nitrogens with one attached hydrogen (secondary N) is 1. The number of halogens is 1. The second-order valence-electron chi connectivity index (χ2n) is 4.43. The van der Waals surface area contributed by atoms with Crippen molar-refractivity contribution in [3.05, 3.63) is 29.8 Å². The lowest BCUT2D eigenvalue weighted by molar-refractivity contribution is 0.430. The van der Waals surface area contributed by atoms with Crippen LogP contribution < -0.4 is 5.32 Å². The van der Waals surface area contributed by atoms with Gasteiger partial charge in [0.25, 0.3) is 0 Å². The van der Waals surface area contributed by atoms with Gasteiger partial charge in [0.2, 0.25) is 0 Å². The topological polar surface area (TPSA) is 32.3 Å². The molecule has 0 aromatic heterocycles. The van der Waals surface area contributed by atoms with Crippen molar-refractivity contribution < 1.29 is 5.11 Å². The number of hydrogen-bond donors (Lipinski definition) is 2. The van der Waals surface area contributed by atoms with E-state index in [9.17, 15) is 5.11 Å². The molecule has 17 heavy (non-hydrogen) atoms. The summed E-state index contributed by atoms with van der Waals surface area (Å²) in [7, 11) is 0. The minimum absolute atomic E-state index is 0.329. The maximum absolute atomic E-state index is 9.34. The summed E-state index contributed by atoms with van der Waals surface area (Å²) in [6, 6.07) is 7.37. The van der Waals surface area contributed by atoms with Gasteiger partial charge in [-0.25, -0.2) is 0 Å². The van der Waals surface area contributed by atoms with Gasteiger partial charge >= 0.3 is 0 Å². The first-order valence-corrected chi connectivity index (χ1v) is 6.84. The zero-order chi connectivity index (χ0) is 12.5. The van der Waals surface area contributed by atoms with Crippen LogP contribution >= 0.6 is 11.6 Å². The Kier molecular flexibility index (Phi) is 7.06. The summed E-state index contributed by atoms with van der Waals surface area (Å²) in [5, 5.41) is 12.8. The Balaban J connectivity index is 2.30. The Labute approximate surface area is 109 Å². The minimum atomic E-state index is 0.329. The van der Waals surface area contributed by atoms with Crippen LogP contribution in [-0.4, -0.2) is 17.5 Å². The summed E-state index contributed by atoms with van der Waals surface area (Å²) in [6.07, 6.45) is 3.50. The standard InChI is InChI=1S/C14H22ClNO/c1-2-4-12(7-8-15)10-16-11-13-5-3-6-14(17)9-13/h3,5-6,9,12,16-17H,2,4,7-8,10-11H2,1H3. The van der Waals surface area contributed by atoms with Gasteiger partial charge in [-0.05, 0) is 43.0 Å². The van der Waals surface area contributed by atoms with Gasteiger partial charge in [-0.15, -0.1) is 11.6 Å². The summed E-state index contributed by atoms with van der Waals surface area (Å²) in [4.78, 5) is 0. The largest absolute Gasteiger partial charge is 0.508 e. The summed E-state index contributed by atoms with van der Waals surface area (Å²) >= 11 is 5.79. The third-order valence-electron chi connectivity index (χ3n) is 2.89. The van der Waals surface area contributed by atoms with Gasteiger partial charge in [0.15, 0.2) is 0 Å². The lowest BCUT2D eigenvalue weighted by Crippen LogP contribution is -2.22. The minimum Gasteiger partial charge on any atom is -0.508 e. The van der Waals surface area contributed by atoms with E-state index in [0.717, 1.165) is 31.0 Å². The number of phenols is 1. The maximum atomic E-state index is 9.34.